The molecular weight excluding hydrogens is 355 g/mol. The maximum atomic E-state index is 5.13. The Morgan fingerprint density at radius 2 is 1.04 bits per heavy atom. The number of rotatable bonds is 12. The minimum Gasteiger partial charge on any atom is -0.378 e. The molecule has 0 aliphatic carbocycles. The minimum absolute atomic E-state index is 0.913. The van der Waals surface area contributed by atoms with Gasteiger partial charge in [0, 0.05) is 63.9 Å². The van der Waals surface area contributed by atoms with E-state index in [-0.39, 0.29) is 0 Å². The van der Waals surface area contributed by atoms with Crippen LogP contribution in [0, 0.1) is 0 Å². The van der Waals surface area contributed by atoms with Gasteiger partial charge in [-0.15, -0.1) is 19.1 Å². The van der Waals surface area contributed by atoms with Crippen LogP contribution in [0.1, 0.15) is 41.5 Å². The summed E-state index contributed by atoms with van der Waals surface area (Å²) < 4.78 is 7.56. The van der Waals surface area contributed by atoms with Gasteiger partial charge < -0.3 is 4.90 Å². The molecule has 0 spiro atoms. The normalized spacial score (nSPS) is 12.7. The molecule has 0 heterocycles. The molecule has 154 valence electrons. The Hall–Kier alpha value is -1.07. The van der Waals surface area contributed by atoms with E-state index < -0.39 is 7.87 Å². The Labute approximate surface area is 167 Å². The lowest BCUT2D eigenvalue weighted by Gasteiger charge is -2.41. The summed E-state index contributed by atoms with van der Waals surface area (Å²) in [5.74, 6) is 0. The summed E-state index contributed by atoms with van der Waals surface area (Å²) in [5.41, 5.74) is 2.09. The van der Waals surface area contributed by atoms with Crippen LogP contribution in [0.25, 0.3) is 0 Å². The molecule has 0 radical (unpaired) electrons. The minimum atomic E-state index is -2.08. The first kappa shape index (κ1) is 24.0. The van der Waals surface area contributed by atoms with Gasteiger partial charge in [0.25, 0.3) is 0 Å². The quantitative estimate of drug-likeness (QED) is 0.344. The number of hydrogen-bond donors (Lipinski definition) is 0. The van der Waals surface area contributed by atoms with E-state index in [1.807, 2.05) is 14.1 Å². The van der Waals surface area contributed by atoms with E-state index in [9.17, 15) is 0 Å². The van der Waals surface area contributed by atoms with Gasteiger partial charge in [-0.3, -0.25) is 0 Å². The third-order valence-electron chi connectivity index (χ3n) is 4.97. The van der Waals surface area contributed by atoms with E-state index in [2.05, 4.69) is 84.7 Å². The molecule has 0 saturated carbocycles. The van der Waals surface area contributed by atoms with Crippen molar-refractivity contribution in [2.45, 2.75) is 41.5 Å². The van der Waals surface area contributed by atoms with Crippen LogP contribution in [-0.2, 0) is 0 Å². The molecule has 0 unspecified atom stereocenters. The van der Waals surface area contributed by atoms with Crippen molar-refractivity contribution in [1.82, 2.24) is 14.0 Å². The summed E-state index contributed by atoms with van der Waals surface area (Å²) in [5, 5.41) is 4.76. The lowest BCUT2D eigenvalue weighted by atomic mass is 10.3. The van der Waals surface area contributed by atoms with Crippen LogP contribution in [0.5, 0.6) is 0 Å². The predicted octanol–water partition coefficient (Wildman–Crippen LogP) is 5.54. The van der Waals surface area contributed by atoms with E-state index in [1.165, 1.54) is 5.69 Å². The molecule has 1 rings (SSSR count). The summed E-state index contributed by atoms with van der Waals surface area (Å²) >= 11 is 0. The molecule has 6 nitrogen and oxygen atoms in total. The second kappa shape index (κ2) is 11.7. The first-order valence-corrected chi connectivity index (χ1v) is 11.9. The standard InChI is InChI=1S/C20H40N6P/c1-9-24(10-2)27(25(11-3)12-4,26(13-5)14-6)22-21-19-15-17-20(18-16-19)23(7)8/h15-18H,9-14H2,1-8H3/q+1. The highest BCUT2D eigenvalue weighted by Crippen LogP contribution is 2.69. The summed E-state index contributed by atoms with van der Waals surface area (Å²) in [6.45, 7) is 19.2. The molecule has 0 aromatic heterocycles. The molecule has 0 saturated heterocycles. The third kappa shape index (κ3) is 5.47. The zero-order valence-corrected chi connectivity index (χ0v) is 19.6. The molecule has 0 amide bonds. The summed E-state index contributed by atoms with van der Waals surface area (Å²) in [7, 11) is 2.02. The van der Waals surface area contributed by atoms with Gasteiger partial charge in [0.05, 0.1) is 5.69 Å². The second-order valence-corrected chi connectivity index (χ2v) is 9.50. The predicted molar refractivity (Wildman–Crippen MR) is 121 cm³/mol. The average Bonchev–Trinajstić information content (AvgIpc) is 2.69. The molecular formula is C20H40N6P+. The zero-order chi connectivity index (χ0) is 20.4. The Bertz CT molecular complexity index is 517. The van der Waals surface area contributed by atoms with Crippen LogP contribution in [0.15, 0.2) is 34.3 Å². The molecule has 0 aliphatic heterocycles. The Morgan fingerprint density at radius 1 is 0.667 bits per heavy atom. The van der Waals surface area contributed by atoms with Gasteiger partial charge in [-0.2, -0.15) is 0 Å². The van der Waals surface area contributed by atoms with Crippen molar-refractivity contribution in [3.05, 3.63) is 24.3 Å². The van der Waals surface area contributed by atoms with Crippen molar-refractivity contribution in [3.63, 3.8) is 0 Å². The van der Waals surface area contributed by atoms with Crippen molar-refractivity contribution < 1.29 is 0 Å². The number of nitrogens with zero attached hydrogens (tertiary/aromatic N) is 6. The van der Waals surface area contributed by atoms with Gasteiger partial charge in [-0.25, -0.2) is 0 Å². The number of benzene rings is 1. The van der Waals surface area contributed by atoms with Crippen molar-refractivity contribution in [2.24, 2.45) is 10.00 Å². The van der Waals surface area contributed by atoms with Crippen LogP contribution in [0.2, 0.25) is 0 Å². The Morgan fingerprint density at radius 3 is 1.33 bits per heavy atom. The smallest absolute Gasteiger partial charge is 0.378 e. The monoisotopic (exact) mass is 395 g/mol. The zero-order valence-electron chi connectivity index (χ0n) is 18.7. The molecule has 0 fully saturated rings. The molecule has 7 heteroatoms. The van der Waals surface area contributed by atoms with Gasteiger partial charge in [0.15, 0.2) is 0 Å². The largest absolute Gasteiger partial charge is 0.379 e. The van der Waals surface area contributed by atoms with E-state index in [1.54, 1.807) is 0 Å². The van der Waals surface area contributed by atoms with Crippen LogP contribution in [-0.4, -0.2) is 67.4 Å². The molecule has 0 atom stereocenters. The van der Waals surface area contributed by atoms with Crippen LogP contribution < -0.4 is 4.90 Å². The van der Waals surface area contributed by atoms with Gasteiger partial charge >= 0.3 is 7.87 Å². The van der Waals surface area contributed by atoms with Crippen molar-refractivity contribution >= 4 is 19.2 Å². The molecule has 0 N–H and O–H groups in total. The second-order valence-electron chi connectivity index (χ2n) is 6.55. The number of hydrogen-bond acceptors (Lipinski definition) is 6. The average molecular weight is 396 g/mol. The van der Waals surface area contributed by atoms with Crippen molar-refractivity contribution in [1.29, 1.82) is 0 Å². The van der Waals surface area contributed by atoms with Crippen LogP contribution >= 0.6 is 7.87 Å². The SMILES string of the molecule is CCN(CC)[P+](N=Nc1ccc(N(C)C)cc1)(N(CC)CC)N(CC)CC. The first-order valence-electron chi connectivity index (χ1n) is 10.3. The molecule has 0 bridgehead atoms. The molecule has 27 heavy (non-hydrogen) atoms. The maximum Gasteiger partial charge on any atom is 0.379 e. The van der Waals surface area contributed by atoms with E-state index in [4.69, 9.17) is 10.00 Å². The topological polar surface area (TPSA) is 37.7 Å². The lowest BCUT2D eigenvalue weighted by Crippen LogP contribution is -2.44. The van der Waals surface area contributed by atoms with Crippen molar-refractivity contribution in [3.8, 4) is 0 Å². The number of anilines is 1. The summed E-state index contributed by atoms with van der Waals surface area (Å²) in [4.78, 5) is 7.22. The maximum absolute atomic E-state index is 5.13. The molecule has 1 aromatic carbocycles. The van der Waals surface area contributed by atoms with E-state index in [0.29, 0.717) is 0 Å². The molecule has 0 aliphatic rings. The fraction of sp³-hybridized carbons (Fsp3) is 0.700. The highest BCUT2D eigenvalue weighted by molar-refractivity contribution is 7.67. The van der Waals surface area contributed by atoms with E-state index in [0.717, 1.165) is 45.0 Å². The Kier molecular flexibility index (Phi) is 10.4. The van der Waals surface area contributed by atoms with Crippen molar-refractivity contribution in [2.75, 3.05) is 58.3 Å². The van der Waals surface area contributed by atoms with Crippen LogP contribution in [0.3, 0.4) is 0 Å². The van der Waals surface area contributed by atoms with E-state index >= 15 is 0 Å². The van der Waals surface area contributed by atoms with Gasteiger partial charge in [0.1, 0.15) is 0 Å². The van der Waals surface area contributed by atoms with Gasteiger partial charge in [-0.1, -0.05) is 0 Å². The lowest BCUT2D eigenvalue weighted by molar-refractivity contribution is 0.327. The first-order chi connectivity index (χ1) is 12.9. The van der Waals surface area contributed by atoms with Gasteiger partial charge in [0.2, 0.25) is 0 Å². The Balaban J connectivity index is 3.44. The fourth-order valence-corrected chi connectivity index (χ4v) is 7.36. The summed E-state index contributed by atoms with van der Waals surface area (Å²) in [6.07, 6.45) is 0. The third-order valence-corrected chi connectivity index (χ3v) is 9.28. The van der Waals surface area contributed by atoms with Crippen LogP contribution in [0.4, 0.5) is 11.4 Å². The highest BCUT2D eigenvalue weighted by atomic mass is 31.2. The highest BCUT2D eigenvalue weighted by Gasteiger charge is 2.56. The van der Waals surface area contributed by atoms with Gasteiger partial charge in [-0.05, 0) is 65.8 Å². The summed E-state index contributed by atoms with van der Waals surface area (Å²) in [6, 6.07) is 8.31. The fourth-order valence-electron chi connectivity index (χ4n) is 3.44. The molecule has 1 aromatic rings.